The van der Waals surface area contributed by atoms with E-state index < -0.39 is 0 Å². The second kappa shape index (κ2) is 3.67. The summed E-state index contributed by atoms with van der Waals surface area (Å²) in [5.74, 6) is 0. The first-order valence-corrected chi connectivity index (χ1v) is 6.89. The summed E-state index contributed by atoms with van der Waals surface area (Å²) in [6.45, 7) is 0. The number of thiophene rings is 1. The molecule has 86 valence electrons. The van der Waals surface area contributed by atoms with Gasteiger partial charge in [0.2, 0.25) is 0 Å². The molecular formula is C15H8ClNS. The molecule has 0 aliphatic rings. The number of fused-ring (bicyclic) bond motifs is 5. The zero-order chi connectivity index (χ0) is 12.1. The average molecular weight is 270 g/mol. The quantitative estimate of drug-likeness (QED) is 0.397. The van der Waals surface area contributed by atoms with E-state index in [1.165, 1.54) is 26.2 Å². The van der Waals surface area contributed by atoms with Crippen LogP contribution in [-0.2, 0) is 0 Å². The molecule has 2 aromatic carbocycles. The lowest BCUT2D eigenvalue weighted by Crippen LogP contribution is -1.75. The molecule has 0 fully saturated rings. The van der Waals surface area contributed by atoms with Gasteiger partial charge < -0.3 is 0 Å². The summed E-state index contributed by atoms with van der Waals surface area (Å²) in [5, 5.41) is 5.58. The fraction of sp³-hybridized carbons (Fsp3) is 0. The van der Waals surface area contributed by atoms with Crippen LogP contribution in [-0.4, -0.2) is 4.98 Å². The van der Waals surface area contributed by atoms with E-state index >= 15 is 0 Å². The van der Waals surface area contributed by atoms with Crippen LogP contribution in [0.4, 0.5) is 0 Å². The smallest absolute Gasteiger partial charge is 0.130 e. The number of benzene rings is 2. The van der Waals surface area contributed by atoms with Gasteiger partial charge in [-0.15, -0.1) is 11.3 Å². The molecule has 0 N–H and O–H groups in total. The van der Waals surface area contributed by atoms with Gasteiger partial charge in [0.15, 0.2) is 0 Å². The van der Waals surface area contributed by atoms with Crippen molar-refractivity contribution in [3.8, 4) is 0 Å². The minimum absolute atomic E-state index is 0.554. The van der Waals surface area contributed by atoms with Gasteiger partial charge in [0.1, 0.15) is 9.98 Å². The van der Waals surface area contributed by atoms with Crippen LogP contribution in [0.1, 0.15) is 0 Å². The number of nitrogens with zero attached hydrogens (tertiary/aromatic N) is 1. The van der Waals surface area contributed by atoms with E-state index in [2.05, 4.69) is 47.4 Å². The molecule has 0 atom stereocenters. The maximum Gasteiger partial charge on any atom is 0.130 e. The van der Waals surface area contributed by atoms with Crippen molar-refractivity contribution in [1.29, 1.82) is 0 Å². The van der Waals surface area contributed by atoms with Crippen LogP contribution in [0.2, 0.25) is 5.15 Å². The van der Waals surface area contributed by atoms with E-state index in [-0.39, 0.29) is 0 Å². The molecule has 0 aliphatic carbocycles. The Balaban J connectivity index is 2.33. The fourth-order valence-corrected chi connectivity index (χ4v) is 3.69. The van der Waals surface area contributed by atoms with E-state index in [0.29, 0.717) is 5.15 Å². The standard InChI is InChI=1S/C15H8ClNS/c16-13-8-6-11-14-10-4-2-1-3-9(10)5-7-12(14)18-15(11)17-13/h1-8H. The van der Waals surface area contributed by atoms with Gasteiger partial charge in [-0.25, -0.2) is 4.98 Å². The predicted molar refractivity (Wildman–Crippen MR) is 79.6 cm³/mol. The minimum atomic E-state index is 0.554. The summed E-state index contributed by atoms with van der Waals surface area (Å²) in [7, 11) is 0. The van der Waals surface area contributed by atoms with Gasteiger partial charge >= 0.3 is 0 Å². The van der Waals surface area contributed by atoms with Crippen molar-refractivity contribution in [2.45, 2.75) is 0 Å². The molecular weight excluding hydrogens is 262 g/mol. The third-order valence-electron chi connectivity index (χ3n) is 3.19. The van der Waals surface area contributed by atoms with E-state index in [1.807, 2.05) is 6.07 Å². The molecule has 18 heavy (non-hydrogen) atoms. The van der Waals surface area contributed by atoms with Crippen LogP contribution in [0.15, 0.2) is 48.5 Å². The zero-order valence-corrected chi connectivity index (χ0v) is 10.9. The lowest BCUT2D eigenvalue weighted by Gasteiger charge is -1.99. The first kappa shape index (κ1) is 10.3. The van der Waals surface area contributed by atoms with Crippen LogP contribution in [0, 0.1) is 0 Å². The average Bonchev–Trinajstić information content (AvgIpc) is 2.76. The van der Waals surface area contributed by atoms with Gasteiger partial charge in [-0.3, -0.25) is 0 Å². The Kier molecular flexibility index (Phi) is 2.10. The van der Waals surface area contributed by atoms with Crippen molar-refractivity contribution in [1.82, 2.24) is 4.98 Å². The Morgan fingerprint density at radius 1 is 0.889 bits per heavy atom. The fourth-order valence-electron chi connectivity index (χ4n) is 2.40. The number of pyridine rings is 1. The van der Waals surface area contributed by atoms with Crippen molar-refractivity contribution in [3.05, 3.63) is 53.7 Å². The molecule has 0 radical (unpaired) electrons. The largest absolute Gasteiger partial charge is 0.225 e. The highest BCUT2D eigenvalue weighted by Crippen LogP contribution is 2.37. The molecule has 0 spiro atoms. The molecule has 0 saturated heterocycles. The van der Waals surface area contributed by atoms with Crippen LogP contribution in [0.3, 0.4) is 0 Å². The predicted octanol–water partition coefficient (Wildman–Crippen LogP) is 5.26. The molecule has 1 nitrogen and oxygen atoms in total. The van der Waals surface area contributed by atoms with Gasteiger partial charge in [-0.05, 0) is 29.0 Å². The molecule has 0 aliphatic heterocycles. The molecule has 4 aromatic rings. The van der Waals surface area contributed by atoms with Crippen molar-refractivity contribution in [3.63, 3.8) is 0 Å². The van der Waals surface area contributed by atoms with E-state index in [1.54, 1.807) is 11.3 Å². The van der Waals surface area contributed by atoms with E-state index in [0.717, 1.165) is 4.83 Å². The Labute approximate surface area is 113 Å². The SMILES string of the molecule is Clc1ccc2c(n1)sc1ccc3ccccc3c12. The van der Waals surface area contributed by atoms with Gasteiger partial charge in [0.05, 0.1) is 0 Å². The van der Waals surface area contributed by atoms with Gasteiger partial charge in [0, 0.05) is 15.5 Å². The van der Waals surface area contributed by atoms with Crippen molar-refractivity contribution in [2.75, 3.05) is 0 Å². The van der Waals surface area contributed by atoms with E-state index in [9.17, 15) is 0 Å². The van der Waals surface area contributed by atoms with Crippen LogP contribution in [0.5, 0.6) is 0 Å². The first-order chi connectivity index (χ1) is 8.83. The van der Waals surface area contributed by atoms with Crippen LogP contribution < -0.4 is 0 Å². The molecule has 4 rings (SSSR count). The van der Waals surface area contributed by atoms with Crippen LogP contribution in [0.25, 0.3) is 31.1 Å². The van der Waals surface area contributed by atoms with Gasteiger partial charge in [-0.2, -0.15) is 0 Å². The maximum atomic E-state index is 5.96. The lowest BCUT2D eigenvalue weighted by atomic mass is 10.1. The van der Waals surface area contributed by atoms with Gasteiger partial charge in [0.25, 0.3) is 0 Å². The highest BCUT2D eigenvalue weighted by molar-refractivity contribution is 7.25. The van der Waals surface area contributed by atoms with E-state index in [4.69, 9.17) is 11.6 Å². The molecule has 0 unspecified atom stereocenters. The van der Waals surface area contributed by atoms with Crippen molar-refractivity contribution in [2.24, 2.45) is 0 Å². The number of hydrogen-bond acceptors (Lipinski definition) is 2. The summed E-state index contributed by atoms with van der Waals surface area (Å²) in [6.07, 6.45) is 0. The molecule has 3 heteroatoms. The number of hydrogen-bond donors (Lipinski definition) is 0. The Morgan fingerprint density at radius 3 is 2.72 bits per heavy atom. The minimum Gasteiger partial charge on any atom is -0.225 e. The highest BCUT2D eigenvalue weighted by atomic mass is 35.5. The molecule has 2 heterocycles. The zero-order valence-electron chi connectivity index (χ0n) is 9.35. The lowest BCUT2D eigenvalue weighted by molar-refractivity contribution is 1.45. The monoisotopic (exact) mass is 269 g/mol. The molecule has 0 bridgehead atoms. The van der Waals surface area contributed by atoms with Crippen molar-refractivity contribution < 1.29 is 0 Å². The third kappa shape index (κ3) is 1.36. The molecule has 2 aromatic heterocycles. The number of aromatic nitrogens is 1. The third-order valence-corrected chi connectivity index (χ3v) is 4.47. The summed E-state index contributed by atoms with van der Waals surface area (Å²) in [6, 6.07) is 16.7. The Hall–Kier alpha value is -1.64. The van der Waals surface area contributed by atoms with Crippen LogP contribution >= 0.6 is 22.9 Å². The Morgan fingerprint density at radius 2 is 1.78 bits per heavy atom. The highest BCUT2D eigenvalue weighted by Gasteiger charge is 2.09. The second-order valence-electron chi connectivity index (χ2n) is 4.25. The summed E-state index contributed by atoms with van der Waals surface area (Å²) >= 11 is 7.66. The maximum absolute atomic E-state index is 5.96. The number of halogens is 1. The second-order valence-corrected chi connectivity index (χ2v) is 5.67. The molecule has 0 amide bonds. The summed E-state index contributed by atoms with van der Waals surface area (Å²) < 4.78 is 1.26. The molecule has 0 saturated carbocycles. The first-order valence-electron chi connectivity index (χ1n) is 5.69. The Bertz CT molecular complexity index is 895. The summed E-state index contributed by atoms with van der Waals surface area (Å²) in [4.78, 5) is 5.41. The van der Waals surface area contributed by atoms with Crippen molar-refractivity contribution >= 4 is 54.0 Å². The summed E-state index contributed by atoms with van der Waals surface area (Å²) in [5.41, 5.74) is 0. The number of rotatable bonds is 0. The van der Waals surface area contributed by atoms with Gasteiger partial charge in [-0.1, -0.05) is 41.9 Å². The normalized spacial score (nSPS) is 11.6. The topological polar surface area (TPSA) is 12.9 Å².